The molecular weight excluding hydrogens is 422 g/mol. The Kier molecular flexibility index (Phi) is 6.94. The first kappa shape index (κ1) is 22.7. The Hall–Kier alpha value is -2.95. The number of allylic oxidation sites excluding steroid dienone is 1. The van der Waals surface area contributed by atoms with Crippen molar-refractivity contribution in [2.45, 2.75) is 30.7 Å². The third-order valence-electron chi connectivity index (χ3n) is 5.24. The molecule has 1 fully saturated rings. The number of sulfonamides is 1. The van der Waals surface area contributed by atoms with E-state index in [2.05, 4.69) is 11.3 Å². The van der Waals surface area contributed by atoms with Crippen LogP contribution in [-0.2, 0) is 19.6 Å². The number of hydrogen-bond acceptors (Lipinski definition) is 6. The predicted octanol–water partition coefficient (Wildman–Crippen LogP) is 2.37. The van der Waals surface area contributed by atoms with Crippen LogP contribution in [0.3, 0.4) is 0 Å². The normalized spacial score (nSPS) is 16.0. The van der Waals surface area contributed by atoms with E-state index in [4.69, 9.17) is 9.94 Å². The van der Waals surface area contributed by atoms with Crippen LogP contribution >= 0.6 is 0 Å². The number of rotatable bonds is 6. The number of piperidine rings is 1. The maximum atomic E-state index is 13.0. The zero-order valence-corrected chi connectivity index (χ0v) is 17.9. The van der Waals surface area contributed by atoms with Gasteiger partial charge in [-0.1, -0.05) is 36.9 Å². The lowest BCUT2D eigenvalue weighted by Crippen LogP contribution is -2.53. The van der Waals surface area contributed by atoms with E-state index < -0.39 is 34.0 Å². The number of ether oxygens (including phenoxy) is 1. The molecule has 0 spiro atoms. The summed E-state index contributed by atoms with van der Waals surface area (Å²) in [5.74, 6) is -1.00. The summed E-state index contributed by atoms with van der Waals surface area (Å²) >= 11 is 0. The molecular formula is C21H25N3O6S. The Labute approximate surface area is 180 Å². The van der Waals surface area contributed by atoms with Crippen LogP contribution in [0.1, 0.15) is 19.8 Å². The number of benzene rings is 2. The zero-order chi connectivity index (χ0) is 22.6. The van der Waals surface area contributed by atoms with E-state index in [0.29, 0.717) is 12.8 Å². The molecule has 0 radical (unpaired) electrons. The van der Waals surface area contributed by atoms with Crippen molar-refractivity contribution in [1.82, 2.24) is 15.1 Å². The van der Waals surface area contributed by atoms with Gasteiger partial charge in [0.1, 0.15) is 6.04 Å². The smallest absolute Gasteiger partial charge is 0.414 e. The first-order valence-electron chi connectivity index (χ1n) is 9.78. The highest BCUT2D eigenvalue weighted by atomic mass is 32.2. The Morgan fingerprint density at radius 2 is 1.81 bits per heavy atom. The fraction of sp³-hybridized carbons (Fsp3) is 0.333. The molecule has 2 aromatic carbocycles. The van der Waals surface area contributed by atoms with E-state index in [1.54, 1.807) is 30.6 Å². The minimum absolute atomic E-state index is 0.0180. The molecule has 166 valence electrons. The summed E-state index contributed by atoms with van der Waals surface area (Å²) in [5, 5.41) is 10.8. The standard InChI is InChI=1S/C21H25N3O6S/c1-14(2)30-21(26)24-11-9-16(10-12-24)19(20(25)22-27)23-31(28,29)18-8-7-15-5-3-4-6-17(15)13-18/h3-8,13,16,19,23,27H,1,9-12H2,2H3,(H,22,25)/t19-/m1/s1. The predicted molar refractivity (Wildman–Crippen MR) is 114 cm³/mol. The first-order valence-corrected chi connectivity index (χ1v) is 11.3. The molecule has 2 aromatic rings. The highest BCUT2D eigenvalue weighted by Gasteiger charge is 2.36. The number of amides is 2. The Balaban J connectivity index is 1.76. The van der Waals surface area contributed by atoms with Gasteiger partial charge in [0.15, 0.2) is 0 Å². The Morgan fingerprint density at radius 1 is 1.16 bits per heavy atom. The van der Waals surface area contributed by atoms with Gasteiger partial charge in [0.25, 0.3) is 5.91 Å². The van der Waals surface area contributed by atoms with E-state index in [-0.39, 0.29) is 23.7 Å². The lowest BCUT2D eigenvalue weighted by atomic mass is 9.89. The highest BCUT2D eigenvalue weighted by Crippen LogP contribution is 2.24. The lowest BCUT2D eigenvalue weighted by molar-refractivity contribution is -0.132. The summed E-state index contributed by atoms with van der Waals surface area (Å²) in [7, 11) is -4.04. The molecule has 0 aliphatic carbocycles. The zero-order valence-electron chi connectivity index (χ0n) is 17.1. The number of likely N-dealkylation sites (tertiary alicyclic amines) is 1. The van der Waals surface area contributed by atoms with Crippen molar-refractivity contribution in [3.63, 3.8) is 0 Å². The minimum atomic E-state index is -4.04. The van der Waals surface area contributed by atoms with Crippen molar-refractivity contribution in [2.75, 3.05) is 13.1 Å². The van der Waals surface area contributed by atoms with E-state index in [9.17, 15) is 18.0 Å². The number of fused-ring (bicyclic) bond motifs is 1. The molecule has 1 aliphatic rings. The van der Waals surface area contributed by atoms with Crippen LogP contribution in [0.25, 0.3) is 10.8 Å². The van der Waals surface area contributed by atoms with Gasteiger partial charge >= 0.3 is 6.09 Å². The van der Waals surface area contributed by atoms with Gasteiger partial charge in [-0.3, -0.25) is 10.0 Å². The summed E-state index contributed by atoms with van der Waals surface area (Å²) in [6.45, 7) is 5.65. The molecule has 1 saturated heterocycles. The maximum absolute atomic E-state index is 13.0. The maximum Gasteiger partial charge on any atom is 0.414 e. The SMILES string of the molecule is C=C(C)OC(=O)N1CCC([C@@H](NS(=O)(=O)c2ccc3ccccc3c2)C(=O)NO)CC1. The molecule has 0 aromatic heterocycles. The van der Waals surface area contributed by atoms with E-state index in [1.807, 2.05) is 12.1 Å². The van der Waals surface area contributed by atoms with E-state index in [1.165, 1.54) is 17.0 Å². The van der Waals surface area contributed by atoms with E-state index >= 15 is 0 Å². The average Bonchev–Trinajstić information content (AvgIpc) is 2.76. The van der Waals surface area contributed by atoms with Gasteiger partial charge in [0.2, 0.25) is 10.0 Å². The van der Waals surface area contributed by atoms with Crippen LogP contribution in [0.15, 0.2) is 59.7 Å². The minimum Gasteiger partial charge on any atom is -0.416 e. The quantitative estimate of drug-likeness (QED) is 0.355. The molecule has 31 heavy (non-hydrogen) atoms. The molecule has 2 amide bonds. The molecule has 9 nitrogen and oxygen atoms in total. The largest absolute Gasteiger partial charge is 0.416 e. The third kappa shape index (κ3) is 5.40. The summed E-state index contributed by atoms with van der Waals surface area (Å²) in [5.41, 5.74) is 1.54. The summed E-state index contributed by atoms with van der Waals surface area (Å²) in [6.07, 6.45) is 0.165. The molecule has 1 atom stereocenters. The fourth-order valence-corrected chi connectivity index (χ4v) is 4.93. The average molecular weight is 448 g/mol. The van der Waals surface area contributed by atoms with Crippen molar-refractivity contribution in [2.24, 2.45) is 5.92 Å². The summed E-state index contributed by atoms with van der Waals surface area (Å²) < 4.78 is 33.4. The second-order valence-corrected chi connectivity index (χ2v) is 9.19. The Morgan fingerprint density at radius 3 is 2.42 bits per heavy atom. The number of carbonyl (C=O) groups excluding carboxylic acids is 2. The molecule has 1 heterocycles. The van der Waals surface area contributed by atoms with Crippen LogP contribution in [0.4, 0.5) is 4.79 Å². The highest BCUT2D eigenvalue weighted by molar-refractivity contribution is 7.89. The van der Waals surface area contributed by atoms with Gasteiger partial charge in [-0.15, -0.1) is 0 Å². The van der Waals surface area contributed by atoms with Crippen LogP contribution in [0, 0.1) is 5.92 Å². The lowest BCUT2D eigenvalue weighted by Gasteiger charge is -2.34. The topological polar surface area (TPSA) is 125 Å². The van der Waals surface area contributed by atoms with Gasteiger partial charge in [-0.25, -0.2) is 18.7 Å². The van der Waals surface area contributed by atoms with Gasteiger partial charge in [0, 0.05) is 13.1 Å². The summed E-state index contributed by atoms with van der Waals surface area (Å²) in [6, 6.07) is 10.8. The fourth-order valence-electron chi connectivity index (χ4n) is 3.63. The third-order valence-corrected chi connectivity index (χ3v) is 6.68. The van der Waals surface area contributed by atoms with Gasteiger partial charge < -0.3 is 9.64 Å². The number of hydroxylamine groups is 1. The number of hydrogen-bond donors (Lipinski definition) is 3. The van der Waals surface area contributed by atoms with Crippen molar-refractivity contribution in [3.05, 3.63) is 54.8 Å². The molecule has 1 aliphatic heterocycles. The molecule has 0 unspecified atom stereocenters. The summed E-state index contributed by atoms with van der Waals surface area (Å²) in [4.78, 5) is 25.8. The van der Waals surface area contributed by atoms with Gasteiger partial charge in [0.05, 0.1) is 10.7 Å². The molecule has 0 bridgehead atoms. The number of nitrogens with one attached hydrogen (secondary N) is 2. The van der Waals surface area contributed by atoms with Crippen molar-refractivity contribution < 1.29 is 28.0 Å². The van der Waals surface area contributed by atoms with Gasteiger partial charge in [-0.05, 0) is 48.6 Å². The van der Waals surface area contributed by atoms with Crippen molar-refractivity contribution in [1.29, 1.82) is 0 Å². The van der Waals surface area contributed by atoms with Crippen molar-refractivity contribution in [3.8, 4) is 0 Å². The first-order chi connectivity index (χ1) is 14.7. The second kappa shape index (κ2) is 9.46. The molecule has 10 heteroatoms. The molecule has 3 N–H and O–H groups in total. The van der Waals surface area contributed by atoms with Crippen LogP contribution in [-0.4, -0.2) is 49.7 Å². The van der Waals surface area contributed by atoms with Crippen LogP contribution in [0.5, 0.6) is 0 Å². The number of carbonyl (C=O) groups is 2. The molecule has 0 saturated carbocycles. The van der Waals surface area contributed by atoms with E-state index in [0.717, 1.165) is 10.8 Å². The monoisotopic (exact) mass is 447 g/mol. The van der Waals surface area contributed by atoms with Crippen LogP contribution < -0.4 is 10.2 Å². The van der Waals surface area contributed by atoms with Crippen LogP contribution in [0.2, 0.25) is 0 Å². The second-order valence-electron chi connectivity index (χ2n) is 7.48. The number of nitrogens with zero attached hydrogens (tertiary/aromatic N) is 1. The Bertz CT molecular complexity index is 1090. The van der Waals surface area contributed by atoms with Crippen molar-refractivity contribution >= 4 is 32.8 Å². The van der Waals surface area contributed by atoms with Gasteiger partial charge in [-0.2, -0.15) is 4.72 Å². The molecule has 3 rings (SSSR count).